The second kappa shape index (κ2) is 10.0. The molecule has 0 unspecified atom stereocenters. The number of rotatable bonds is 6. The lowest BCUT2D eigenvalue weighted by Gasteiger charge is -2.49. The fourth-order valence-electron chi connectivity index (χ4n) is 6.36. The number of hydrogen-bond donors (Lipinski definition) is 1. The summed E-state index contributed by atoms with van der Waals surface area (Å²) in [4.78, 5) is 18.9. The van der Waals surface area contributed by atoms with Crippen molar-refractivity contribution < 1.29 is 14.5 Å². The molecule has 0 amide bonds. The van der Waals surface area contributed by atoms with Crippen LogP contribution in [0.4, 0.5) is 5.69 Å². The number of benzene rings is 1. The molecule has 4 fully saturated rings. The van der Waals surface area contributed by atoms with Crippen molar-refractivity contribution in [1.82, 2.24) is 9.88 Å². The highest BCUT2D eigenvalue weighted by atomic mass is 35.5. The Morgan fingerprint density at radius 1 is 0.972 bits per heavy atom. The van der Waals surface area contributed by atoms with E-state index >= 15 is 0 Å². The molecular formula is C29H40ClN3O3. The Hall–Kier alpha value is -1.44. The van der Waals surface area contributed by atoms with Crippen LogP contribution in [0.25, 0.3) is 10.9 Å². The van der Waals surface area contributed by atoms with E-state index in [9.17, 15) is 0 Å². The smallest absolute Gasteiger partial charge is 0.201 e. The molecule has 0 bridgehead atoms. The molecule has 1 saturated heterocycles. The molecule has 2 heterocycles. The summed E-state index contributed by atoms with van der Waals surface area (Å²) in [5.41, 5.74) is 1.76. The average molecular weight is 514 g/mol. The summed E-state index contributed by atoms with van der Waals surface area (Å²) in [5, 5.41) is 5.71. The Balaban J connectivity index is 1.06. The minimum Gasteiger partial charge on any atom is -0.382 e. The van der Waals surface area contributed by atoms with Crippen molar-refractivity contribution in [1.29, 1.82) is 0 Å². The third-order valence-corrected chi connectivity index (χ3v) is 8.92. The van der Waals surface area contributed by atoms with E-state index in [0.717, 1.165) is 47.5 Å². The van der Waals surface area contributed by atoms with E-state index in [-0.39, 0.29) is 5.60 Å². The molecular weight excluding hydrogens is 474 g/mol. The maximum absolute atomic E-state index is 6.21. The molecule has 6 nitrogen and oxygen atoms in total. The molecule has 1 aliphatic heterocycles. The third-order valence-electron chi connectivity index (χ3n) is 8.68. The van der Waals surface area contributed by atoms with Crippen LogP contribution < -0.4 is 5.32 Å². The summed E-state index contributed by atoms with van der Waals surface area (Å²) in [5.74, 6) is 0.370. The second-order valence-electron chi connectivity index (χ2n) is 12.2. The SMILES string of the molecule is CC1(C)COC2(CCC(N(CC3CC3)C3CCC(Nc4ccnc5cc(Cl)ccc45)CC3)CC2)OO1. The van der Waals surface area contributed by atoms with Crippen molar-refractivity contribution in [3.63, 3.8) is 0 Å². The molecule has 1 spiro atoms. The van der Waals surface area contributed by atoms with Crippen molar-refractivity contribution in [2.24, 2.45) is 5.92 Å². The van der Waals surface area contributed by atoms with Gasteiger partial charge in [0.15, 0.2) is 0 Å². The number of fused-ring (bicyclic) bond motifs is 1. The zero-order valence-electron chi connectivity index (χ0n) is 21.7. The highest BCUT2D eigenvalue weighted by Crippen LogP contribution is 2.42. The number of aromatic nitrogens is 1. The highest BCUT2D eigenvalue weighted by Gasteiger charge is 2.47. The number of ether oxygens (including phenoxy) is 1. The lowest BCUT2D eigenvalue weighted by atomic mass is 9.84. The largest absolute Gasteiger partial charge is 0.382 e. The van der Waals surface area contributed by atoms with E-state index in [1.54, 1.807) is 0 Å². The van der Waals surface area contributed by atoms with Gasteiger partial charge < -0.3 is 10.1 Å². The standard InChI is InChI=1S/C29H40ClN3O3/c1-28(2)19-34-29(36-35-28)14-11-24(12-15-29)33(18-20-3-4-20)23-8-6-22(7-9-23)32-26-13-16-31-27-17-21(30)5-10-25(26)27/h5,10,13,16-17,20,22-24H,3-4,6-9,11-12,14-15,18-19H2,1-2H3,(H,31,32). The van der Waals surface area contributed by atoms with E-state index < -0.39 is 5.79 Å². The first kappa shape index (κ1) is 24.9. The first-order chi connectivity index (χ1) is 17.4. The Morgan fingerprint density at radius 2 is 1.72 bits per heavy atom. The van der Waals surface area contributed by atoms with E-state index in [1.807, 2.05) is 32.2 Å². The molecule has 0 radical (unpaired) electrons. The molecule has 6 rings (SSSR count). The van der Waals surface area contributed by atoms with E-state index in [2.05, 4.69) is 27.3 Å². The normalized spacial score (nSPS) is 32.7. The Morgan fingerprint density at radius 3 is 2.42 bits per heavy atom. The molecule has 3 aliphatic carbocycles. The molecule has 36 heavy (non-hydrogen) atoms. The number of hydrogen-bond acceptors (Lipinski definition) is 6. The quantitative estimate of drug-likeness (QED) is 0.433. The van der Waals surface area contributed by atoms with Gasteiger partial charge in [-0.15, -0.1) is 0 Å². The predicted molar refractivity (Wildman–Crippen MR) is 143 cm³/mol. The zero-order chi connectivity index (χ0) is 24.8. The molecule has 4 aliphatic rings. The Labute approximate surface area is 219 Å². The summed E-state index contributed by atoms with van der Waals surface area (Å²) < 4.78 is 6.21. The molecule has 3 saturated carbocycles. The zero-order valence-corrected chi connectivity index (χ0v) is 22.4. The fraction of sp³-hybridized carbons (Fsp3) is 0.690. The summed E-state index contributed by atoms with van der Waals surface area (Å²) in [6.45, 7) is 5.89. The van der Waals surface area contributed by atoms with Gasteiger partial charge >= 0.3 is 0 Å². The van der Waals surface area contributed by atoms with Gasteiger partial charge in [-0.05, 0) is 95.4 Å². The van der Waals surface area contributed by atoms with Gasteiger partial charge in [0, 0.05) is 59.8 Å². The van der Waals surface area contributed by atoms with Crippen molar-refractivity contribution >= 4 is 28.2 Å². The van der Waals surface area contributed by atoms with Crippen LogP contribution in [0.5, 0.6) is 0 Å². The molecule has 196 valence electrons. The summed E-state index contributed by atoms with van der Waals surface area (Å²) in [6.07, 6.45) is 13.7. The second-order valence-corrected chi connectivity index (χ2v) is 12.6. The monoisotopic (exact) mass is 513 g/mol. The van der Waals surface area contributed by atoms with E-state index in [4.69, 9.17) is 26.1 Å². The summed E-state index contributed by atoms with van der Waals surface area (Å²) >= 11 is 6.18. The topological polar surface area (TPSA) is 55.9 Å². The van der Waals surface area contributed by atoms with Gasteiger partial charge in [0.25, 0.3) is 0 Å². The predicted octanol–water partition coefficient (Wildman–Crippen LogP) is 6.72. The van der Waals surface area contributed by atoms with Crippen molar-refractivity contribution in [3.05, 3.63) is 35.5 Å². The maximum Gasteiger partial charge on any atom is 0.201 e. The van der Waals surface area contributed by atoms with Crippen molar-refractivity contribution in [2.75, 3.05) is 18.5 Å². The number of nitrogens with zero attached hydrogens (tertiary/aromatic N) is 2. The summed E-state index contributed by atoms with van der Waals surface area (Å²) in [7, 11) is 0. The molecule has 1 aromatic carbocycles. The van der Waals surface area contributed by atoms with Crippen LogP contribution in [-0.2, 0) is 14.5 Å². The van der Waals surface area contributed by atoms with Crippen LogP contribution in [0.2, 0.25) is 5.02 Å². The number of halogens is 1. The molecule has 7 heteroatoms. The van der Waals surface area contributed by atoms with Crippen LogP contribution in [0.1, 0.15) is 78.1 Å². The lowest BCUT2D eigenvalue weighted by Crippen LogP contribution is -2.55. The van der Waals surface area contributed by atoms with Crippen LogP contribution in [0.15, 0.2) is 30.5 Å². The van der Waals surface area contributed by atoms with Crippen LogP contribution in [-0.4, -0.2) is 52.5 Å². The first-order valence-corrected chi connectivity index (χ1v) is 14.3. The van der Waals surface area contributed by atoms with Crippen LogP contribution >= 0.6 is 11.6 Å². The number of anilines is 1. The van der Waals surface area contributed by atoms with Crippen LogP contribution in [0, 0.1) is 5.92 Å². The van der Waals surface area contributed by atoms with Crippen molar-refractivity contribution in [2.45, 2.75) is 108 Å². The van der Waals surface area contributed by atoms with Gasteiger partial charge in [0.1, 0.15) is 5.60 Å². The van der Waals surface area contributed by atoms with Gasteiger partial charge in [-0.3, -0.25) is 9.88 Å². The van der Waals surface area contributed by atoms with Crippen molar-refractivity contribution in [3.8, 4) is 0 Å². The van der Waals surface area contributed by atoms with Gasteiger partial charge in [0.05, 0.1) is 12.1 Å². The van der Waals surface area contributed by atoms with Crippen LogP contribution in [0.3, 0.4) is 0 Å². The number of pyridine rings is 1. The maximum atomic E-state index is 6.21. The van der Waals surface area contributed by atoms with E-state index in [1.165, 1.54) is 50.8 Å². The summed E-state index contributed by atoms with van der Waals surface area (Å²) in [6, 6.07) is 9.88. The molecule has 0 atom stereocenters. The van der Waals surface area contributed by atoms with E-state index in [0.29, 0.717) is 24.7 Å². The molecule has 2 aromatic rings. The van der Waals surface area contributed by atoms with Gasteiger partial charge in [-0.1, -0.05) is 11.6 Å². The fourth-order valence-corrected chi connectivity index (χ4v) is 6.52. The van der Waals surface area contributed by atoms with Gasteiger partial charge in [0.2, 0.25) is 5.79 Å². The Kier molecular flexibility index (Phi) is 6.93. The van der Waals surface area contributed by atoms with Gasteiger partial charge in [-0.2, -0.15) is 0 Å². The Bertz CT molecular complexity index is 1050. The minimum atomic E-state index is -0.531. The molecule has 1 N–H and O–H groups in total. The lowest BCUT2D eigenvalue weighted by molar-refractivity contribution is -0.512. The number of nitrogens with one attached hydrogen (secondary N) is 1. The third kappa shape index (κ3) is 5.53. The molecule has 1 aromatic heterocycles. The average Bonchev–Trinajstić information content (AvgIpc) is 3.70. The minimum absolute atomic E-state index is 0.359. The first-order valence-electron chi connectivity index (χ1n) is 14.0. The van der Waals surface area contributed by atoms with Gasteiger partial charge in [-0.25, -0.2) is 9.78 Å². The highest BCUT2D eigenvalue weighted by molar-refractivity contribution is 6.31.